The molecule has 1 aliphatic rings. The molecule has 0 saturated carbocycles. The number of rotatable bonds is 6. The van der Waals surface area contributed by atoms with Crippen LogP contribution in [0.1, 0.15) is 31.9 Å². The second-order valence-corrected chi connectivity index (χ2v) is 7.62. The Balaban J connectivity index is 2.03. The molecule has 2 heterocycles. The Labute approximate surface area is 165 Å². The summed E-state index contributed by atoms with van der Waals surface area (Å²) in [7, 11) is 1.57. The minimum absolute atomic E-state index is 0.349. The third kappa shape index (κ3) is 4.39. The quantitative estimate of drug-likeness (QED) is 0.773. The van der Waals surface area contributed by atoms with E-state index in [2.05, 4.69) is 30.1 Å². The summed E-state index contributed by atoms with van der Waals surface area (Å²) in [5, 5.41) is 12.5. The second kappa shape index (κ2) is 8.98. The van der Waals surface area contributed by atoms with Crippen molar-refractivity contribution in [2.75, 3.05) is 38.3 Å². The first-order valence-electron chi connectivity index (χ1n) is 9.71. The van der Waals surface area contributed by atoms with Gasteiger partial charge in [-0.25, -0.2) is 9.97 Å². The van der Waals surface area contributed by atoms with Crippen molar-refractivity contribution in [3.63, 3.8) is 0 Å². The number of aromatic nitrogens is 2. The Bertz CT molecular complexity index is 869. The molecule has 0 aliphatic carbocycles. The summed E-state index contributed by atoms with van der Waals surface area (Å²) in [4.78, 5) is 24.4. The first-order chi connectivity index (χ1) is 13.5. The zero-order valence-corrected chi connectivity index (χ0v) is 16.7. The Morgan fingerprint density at radius 2 is 1.93 bits per heavy atom. The normalized spacial score (nSPS) is 20.6. The van der Waals surface area contributed by atoms with Gasteiger partial charge in [0.15, 0.2) is 11.7 Å². The van der Waals surface area contributed by atoms with Gasteiger partial charge in [0.25, 0.3) is 0 Å². The average molecular weight is 381 g/mol. The lowest BCUT2D eigenvalue weighted by atomic mass is 9.91. The first-order valence-corrected chi connectivity index (χ1v) is 9.71. The van der Waals surface area contributed by atoms with Crippen LogP contribution in [-0.2, 0) is 9.53 Å². The molecule has 1 fully saturated rings. The molecule has 0 bridgehead atoms. The largest absolute Gasteiger partial charge is 0.383 e. The summed E-state index contributed by atoms with van der Waals surface area (Å²) in [6.45, 7) is 6.86. The number of piperidine rings is 1. The van der Waals surface area contributed by atoms with Crippen LogP contribution in [-0.4, -0.2) is 49.2 Å². The van der Waals surface area contributed by atoms with Gasteiger partial charge in [-0.1, -0.05) is 26.0 Å². The number of benzene rings is 1. The molecule has 148 valence electrons. The van der Waals surface area contributed by atoms with Crippen LogP contribution in [0.3, 0.4) is 0 Å². The van der Waals surface area contributed by atoms with Crippen molar-refractivity contribution in [2.45, 2.75) is 26.2 Å². The minimum Gasteiger partial charge on any atom is -0.383 e. The van der Waals surface area contributed by atoms with Gasteiger partial charge in [0.1, 0.15) is 5.69 Å². The van der Waals surface area contributed by atoms with Crippen LogP contribution in [0.15, 0.2) is 24.3 Å². The van der Waals surface area contributed by atoms with E-state index in [1.54, 1.807) is 7.11 Å². The van der Waals surface area contributed by atoms with E-state index in [4.69, 9.17) is 14.7 Å². The average Bonchev–Trinajstić information content (AvgIpc) is 2.67. The van der Waals surface area contributed by atoms with Gasteiger partial charge in [0.2, 0.25) is 5.91 Å². The fourth-order valence-electron chi connectivity index (χ4n) is 3.89. The number of carbonyl (C=O) groups excluding carboxylic acids is 1. The van der Waals surface area contributed by atoms with Crippen molar-refractivity contribution in [3.8, 4) is 6.07 Å². The number of nitrogens with zero attached hydrogens (tertiary/aromatic N) is 4. The Hall–Kier alpha value is -2.72. The molecule has 1 aliphatic heterocycles. The Morgan fingerprint density at radius 1 is 1.29 bits per heavy atom. The highest BCUT2D eigenvalue weighted by Gasteiger charge is 2.31. The van der Waals surface area contributed by atoms with Crippen LogP contribution in [0.5, 0.6) is 0 Å². The summed E-state index contributed by atoms with van der Waals surface area (Å²) in [6, 6.07) is 9.69. The second-order valence-electron chi connectivity index (χ2n) is 7.62. The maximum Gasteiger partial charge on any atom is 0.243 e. The van der Waals surface area contributed by atoms with E-state index in [0.29, 0.717) is 42.0 Å². The van der Waals surface area contributed by atoms with E-state index in [-0.39, 0.29) is 5.91 Å². The summed E-state index contributed by atoms with van der Waals surface area (Å²) in [5.41, 5.74) is 1.88. The molecular formula is C21H27N5O2. The van der Waals surface area contributed by atoms with Gasteiger partial charge in [0.05, 0.1) is 23.7 Å². The van der Waals surface area contributed by atoms with E-state index in [1.165, 1.54) is 0 Å². The van der Waals surface area contributed by atoms with Crippen LogP contribution in [0.2, 0.25) is 0 Å². The van der Waals surface area contributed by atoms with Gasteiger partial charge in [0, 0.05) is 26.7 Å². The van der Waals surface area contributed by atoms with Crippen molar-refractivity contribution >= 4 is 22.8 Å². The molecule has 1 aromatic heterocycles. The highest BCUT2D eigenvalue weighted by atomic mass is 16.5. The standard InChI is InChI=1S/C21H27N5O2/c1-14-10-15(2)13-26(12-14)20-19(16(11-22)21(27)23-8-9-28-3)24-17-6-4-5-7-18(17)25-20/h4-7,14-16H,8-10,12-13H2,1-3H3,(H,23,27)/t14-,15+,16-/m1/s1. The predicted octanol–water partition coefficient (Wildman–Crippen LogP) is 2.48. The first kappa shape index (κ1) is 20.0. The maximum atomic E-state index is 12.7. The molecule has 28 heavy (non-hydrogen) atoms. The highest BCUT2D eigenvalue weighted by Crippen LogP contribution is 2.31. The zero-order valence-electron chi connectivity index (χ0n) is 16.7. The molecule has 0 unspecified atom stereocenters. The fourth-order valence-corrected chi connectivity index (χ4v) is 3.89. The number of hydrogen-bond acceptors (Lipinski definition) is 6. The van der Waals surface area contributed by atoms with E-state index in [1.807, 2.05) is 24.3 Å². The lowest BCUT2D eigenvalue weighted by molar-refractivity contribution is -0.121. The van der Waals surface area contributed by atoms with Crippen molar-refractivity contribution in [3.05, 3.63) is 30.0 Å². The van der Waals surface area contributed by atoms with Crippen molar-refractivity contribution in [2.24, 2.45) is 11.8 Å². The predicted molar refractivity (Wildman–Crippen MR) is 108 cm³/mol. The molecule has 7 heteroatoms. The molecule has 1 aromatic carbocycles. The molecular weight excluding hydrogens is 354 g/mol. The molecule has 3 rings (SSSR count). The van der Waals surface area contributed by atoms with Crippen LogP contribution >= 0.6 is 0 Å². The SMILES string of the molecule is COCCNC(=O)[C@H](C#N)c1nc2ccccc2nc1N1C[C@H](C)C[C@H](C)C1. The molecule has 7 nitrogen and oxygen atoms in total. The van der Waals surface area contributed by atoms with E-state index in [9.17, 15) is 10.1 Å². The van der Waals surface area contributed by atoms with Crippen LogP contribution in [0.25, 0.3) is 11.0 Å². The lowest BCUT2D eigenvalue weighted by Crippen LogP contribution is -2.41. The summed E-state index contributed by atoms with van der Waals surface area (Å²) < 4.78 is 4.98. The molecule has 1 saturated heterocycles. The number of fused-ring (bicyclic) bond motifs is 1. The fraction of sp³-hybridized carbons (Fsp3) is 0.524. The number of hydrogen-bond donors (Lipinski definition) is 1. The van der Waals surface area contributed by atoms with Crippen LogP contribution in [0, 0.1) is 23.2 Å². The Morgan fingerprint density at radius 3 is 2.54 bits per heavy atom. The van der Waals surface area contributed by atoms with E-state index >= 15 is 0 Å². The van der Waals surface area contributed by atoms with Crippen molar-refractivity contribution in [1.29, 1.82) is 5.26 Å². The number of para-hydroxylation sites is 2. The highest BCUT2D eigenvalue weighted by molar-refractivity contribution is 5.88. The number of amides is 1. The molecule has 3 atom stereocenters. The van der Waals surface area contributed by atoms with Gasteiger partial charge in [-0.05, 0) is 30.4 Å². The summed E-state index contributed by atoms with van der Waals surface area (Å²) in [6.07, 6.45) is 1.16. The number of carbonyl (C=O) groups is 1. The number of nitrogens with one attached hydrogen (secondary N) is 1. The molecule has 1 amide bonds. The van der Waals surface area contributed by atoms with Gasteiger partial charge >= 0.3 is 0 Å². The third-order valence-corrected chi connectivity index (χ3v) is 5.02. The maximum absolute atomic E-state index is 12.7. The summed E-state index contributed by atoms with van der Waals surface area (Å²) in [5.74, 6) is 0.285. The number of methoxy groups -OCH3 is 1. The molecule has 0 radical (unpaired) electrons. The monoisotopic (exact) mass is 381 g/mol. The topological polar surface area (TPSA) is 91.1 Å². The van der Waals surface area contributed by atoms with Gasteiger partial charge in [-0.2, -0.15) is 5.26 Å². The van der Waals surface area contributed by atoms with Gasteiger partial charge in [-0.3, -0.25) is 4.79 Å². The lowest BCUT2D eigenvalue weighted by Gasteiger charge is -2.36. The smallest absolute Gasteiger partial charge is 0.243 e. The van der Waals surface area contributed by atoms with Gasteiger partial charge in [-0.15, -0.1) is 0 Å². The van der Waals surface area contributed by atoms with Crippen molar-refractivity contribution in [1.82, 2.24) is 15.3 Å². The van der Waals surface area contributed by atoms with Gasteiger partial charge < -0.3 is 15.0 Å². The molecule has 2 aromatic rings. The molecule has 0 spiro atoms. The van der Waals surface area contributed by atoms with Crippen LogP contribution in [0.4, 0.5) is 5.82 Å². The minimum atomic E-state index is -1.02. The zero-order chi connectivity index (χ0) is 20.1. The van der Waals surface area contributed by atoms with E-state index < -0.39 is 5.92 Å². The van der Waals surface area contributed by atoms with Crippen LogP contribution < -0.4 is 10.2 Å². The Kier molecular flexibility index (Phi) is 6.42. The molecule has 1 N–H and O–H groups in total. The van der Waals surface area contributed by atoms with Crippen molar-refractivity contribution < 1.29 is 9.53 Å². The number of ether oxygens (including phenoxy) is 1. The third-order valence-electron chi connectivity index (χ3n) is 5.02. The number of anilines is 1. The van der Waals surface area contributed by atoms with E-state index in [0.717, 1.165) is 25.0 Å². The summed E-state index contributed by atoms with van der Waals surface area (Å²) >= 11 is 0. The number of nitriles is 1.